The third-order valence-corrected chi connectivity index (χ3v) is 2.06. The zero-order valence-electron chi connectivity index (χ0n) is 6.71. The first kappa shape index (κ1) is 8.33. The highest BCUT2D eigenvalue weighted by Gasteiger charge is 2.27. The van der Waals surface area contributed by atoms with Crippen molar-refractivity contribution in [1.29, 1.82) is 0 Å². The molecule has 4 heteroatoms. The second kappa shape index (κ2) is 3.57. The van der Waals surface area contributed by atoms with Crippen molar-refractivity contribution in [3.8, 4) is 0 Å². The van der Waals surface area contributed by atoms with Gasteiger partial charge in [0.25, 0.3) is 0 Å². The summed E-state index contributed by atoms with van der Waals surface area (Å²) < 4.78 is 0. The molecule has 11 heavy (non-hydrogen) atoms. The van der Waals surface area contributed by atoms with Crippen LogP contribution in [0, 0.1) is 0 Å². The number of hydrogen-bond donors (Lipinski definition) is 2. The monoisotopic (exact) mass is 158 g/mol. The Balaban J connectivity index is 2.44. The third-order valence-electron chi connectivity index (χ3n) is 2.06. The summed E-state index contributed by atoms with van der Waals surface area (Å²) >= 11 is 0. The largest absolute Gasteiger partial charge is 0.465 e. The number of hydrogen-bond acceptors (Lipinski definition) is 2. The van der Waals surface area contributed by atoms with E-state index in [1.165, 1.54) is 4.90 Å². The van der Waals surface area contributed by atoms with Gasteiger partial charge in [0.15, 0.2) is 0 Å². The van der Waals surface area contributed by atoms with Gasteiger partial charge in [-0.25, -0.2) is 4.79 Å². The van der Waals surface area contributed by atoms with Crippen molar-refractivity contribution in [3.63, 3.8) is 0 Å². The van der Waals surface area contributed by atoms with Crippen molar-refractivity contribution in [2.24, 2.45) is 0 Å². The van der Waals surface area contributed by atoms with E-state index in [1.807, 2.05) is 7.05 Å². The highest BCUT2D eigenvalue weighted by molar-refractivity contribution is 5.65. The standard InChI is InChI=1S/C7H14N2O2/c1-8-5-6-3-2-4-9(6)7(10)11/h6,8H,2-5H2,1H3,(H,10,11)/t6-/m0/s1. The van der Waals surface area contributed by atoms with E-state index >= 15 is 0 Å². The van der Waals surface area contributed by atoms with Crippen LogP contribution in [0.4, 0.5) is 4.79 Å². The first-order valence-electron chi connectivity index (χ1n) is 3.90. The number of rotatable bonds is 2. The highest BCUT2D eigenvalue weighted by atomic mass is 16.4. The molecular weight excluding hydrogens is 144 g/mol. The van der Waals surface area contributed by atoms with Crippen LogP contribution in [0.1, 0.15) is 12.8 Å². The van der Waals surface area contributed by atoms with E-state index in [-0.39, 0.29) is 6.04 Å². The van der Waals surface area contributed by atoms with Crippen LogP contribution in [0.5, 0.6) is 0 Å². The van der Waals surface area contributed by atoms with E-state index in [4.69, 9.17) is 5.11 Å². The molecule has 1 aliphatic rings. The molecule has 4 nitrogen and oxygen atoms in total. The van der Waals surface area contributed by atoms with Crippen molar-refractivity contribution in [2.45, 2.75) is 18.9 Å². The Labute approximate surface area is 66.2 Å². The molecule has 0 aromatic carbocycles. The molecular formula is C7H14N2O2. The van der Waals surface area contributed by atoms with Crippen LogP contribution >= 0.6 is 0 Å². The molecule has 1 heterocycles. The molecule has 0 aromatic heterocycles. The van der Waals surface area contributed by atoms with E-state index in [0.29, 0.717) is 6.54 Å². The Morgan fingerprint density at radius 3 is 3.09 bits per heavy atom. The summed E-state index contributed by atoms with van der Waals surface area (Å²) in [7, 11) is 1.85. The molecule has 0 saturated carbocycles. The lowest BCUT2D eigenvalue weighted by Gasteiger charge is -2.20. The zero-order valence-corrected chi connectivity index (χ0v) is 6.71. The molecule has 0 aromatic rings. The Bertz CT molecular complexity index is 149. The van der Waals surface area contributed by atoms with Crippen molar-refractivity contribution in [3.05, 3.63) is 0 Å². The van der Waals surface area contributed by atoms with Crippen LogP contribution in [-0.2, 0) is 0 Å². The second-order valence-corrected chi connectivity index (χ2v) is 2.83. The maximum absolute atomic E-state index is 10.6. The number of nitrogens with one attached hydrogen (secondary N) is 1. The van der Waals surface area contributed by atoms with E-state index in [2.05, 4.69) is 5.32 Å². The average Bonchev–Trinajstić information content (AvgIpc) is 2.36. The van der Waals surface area contributed by atoms with Gasteiger partial charge in [0.2, 0.25) is 0 Å². The van der Waals surface area contributed by atoms with Crippen LogP contribution in [0.2, 0.25) is 0 Å². The van der Waals surface area contributed by atoms with E-state index in [0.717, 1.165) is 19.4 Å². The second-order valence-electron chi connectivity index (χ2n) is 2.83. The van der Waals surface area contributed by atoms with Gasteiger partial charge >= 0.3 is 6.09 Å². The lowest BCUT2D eigenvalue weighted by molar-refractivity contribution is 0.140. The predicted molar refractivity (Wildman–Crippen MR) is 41.7 cm³/mol. The van der Waals surface area contributed by atoms with E-state index < -0.39 is 6.09 Å². The Hall–Kier alpha value is -0.770. The van der Waals surface area contributed by atoms with Crippen molar-refractivity contribution in [1.82, 2.24) is 10.2 Å². The minimum Gasteiger partial charge on any atom is -0.465 e. The van der Waals surface area contributed by atoms with Crippen LogP contribution in [0.25, 0.3) is 0 Å². The first-order chi connectivity index (χ1) is 5.25. The summed E-state index contributed by atoms with van der Waals surface area (Å²) in [5, 5.41) is 11.7. The molecule has 0 aliphatic carbocycles. The molecule has 0 bridgehead atoms. The quantitative estimate of drug-likeness (QED) is 0.609. The van der Waals surface area contributed by atoms with Crippen molar-refractivity contribution in [2.75, 3.05) is 20.1 Å². The topological polar surface area (TPSA) is 52.6 Å². The number of nitrogens with zero attached hydrogens (tertiary/aromatic N) is 1. The van der Waals surface area contributed by atoms with Gasteiger partial charge in [-0.2, -0.15) is 0 Å². The fraction of sp³-hybridized carbons (Fsp3) is 0.857. The normalized spacial score (nSPS) is 24.1. The van der Waals surface area contributed by atoms with Gasteiger partial charge in [0, 0.05) is 19.1 Å². The minimum atomic E-state index is -0.789. The Morgan fingerprint density at radius 2 is 2.55 bits per heavy atom. The highest BCUT2D eigenvalue weighted by Crippen LogP contribution is 2.15. The maximum Gasteiger partial charge on any atom is 0.407 e. The van der Waals surface area contributed by atoms with E-state index in [1.54, 1.807) is 0 Å². The van der Waals surface area contributed by atoms with Gasteiger partial charge in [-0.3, -0.25) is 0 Å². The summed E-state index contributed by atoms with van der Waals surface area (Å²) in [5.41, 5.74) is 0. The Kier molecular flexibility index (Phi) is 2.70. The fourth-order valence-electron chi connectivity index (χ4n) is 1.54. The Morgan fingerprint density at radius 1 is 1.82 bits per heavy atom. The minimum absolute atomic E-state index is 0.192. The van der Waals surface area contributed by atoms with E-state index in [9.17, 15) is 4.79 Å². The van der Waals surface area contributed by atoms with Crippen LogP contribution in [0.15, 0.2) is 0 Å². The van der Waals surface area contributed by atoms with Crippen molar-refractivity contribution >= 4 is 6.09 Å². The molecule has 1 aliphatic heterocycles. The summed E-state index contributed by atoms with van der Waals surface area (Å²) in [6, 6.07) is 0.192. The number of amides is 1. The summed E-state index contributed by atoms with van der Waals surface area (Å²) in [6.07, 6.45) is 1.20. The molecule has 64 valence electrons. The van der Waals surface area contributed by atoms with Crippen LogP contribution in [-0.4, -0.2) is 42.3 Å². The molecule has 1 fully saturated rings. The molecule has 2 N–H and O–H groups in total. The lowest BCUT2D eigenvalue weighted by Crippen LogP contribution is -2.39. The van der Waals surface area contributed by atoms with Crippen LogP contribution < -0.4 is 5.32 Å². The van der Waals surface area contributed by atoms with Crippen LogP contribution in [0.3, 0.4) is 0 Å². The predicted octanol–water partition coefficient (Wildman–Crippen LogP) is 0.348. The molecule has 0 unspecified atom stereocenters. The molecule has 1 amide bonds. The fourth-order valence-corrected chi connectivity index (χ4v) is 1.54. The van der Waals surface area contributed by atoms with Gasteiger partial charge in [0.1, 0.15) is 0 Å². The molecule has 1 rings (SSSR count). The number of likely N-dealkylation sites (tertiary alicyclic amines) is 1. The van der Waals surface area contributed by atoms with Gasteiger partial charge in [-0.15, -0.1) is 0 Å². The molecule has 1 atom stereocenters. The number of carboxylic acid groups (broad SMARTS) is 1. The SMILES string of the molecule is CNC[C@@H]1CCCN1C(=O)O. The van der Waals surface area contributed by atoms with Gasteiger partial charge in [0.05, 0.1) is 0 Å². The smallest absolute Gasteiger partial charge is 0.407 e. The first-order valence-corrected chi connectivity index (χ1v) is 3.90. The lowest BCUT2D eigenvalue weighted by atomic mass is 10.2. The zero-order chi connectivity index (χ0) is 8.27. The van der Waals surface area contributed by atoms with Gasteiger partial charge < -0.3 is 15.3 Å². The number of likely N-dealkylation sites (N-methyl/N-ethyl adjacent to an activating group) is 1. The summed E-state index contributed by atoms with van der Waals surface area (Å²) in [5.74, 6) is 0. The average molecular weight is 158 g/mol. The van der Waals surface area contributed by atoms with Gasteiger partial charge in [-0.1, -0.05) is 0 Å². The summed E-state index contributed by atoms with van der Waals surface area (Å²) in [4.78, 5) is 12.1. The molecule has 0 spiro atoms. The molecule has 0 radical (unpaired) electrons. The summed E-state index contributed by atoms with van der Waals surface area (Å²) in [6.45, 7) is 1.47. The number of carbonyl (C=O) groups is 1. The third kappa shape index (κ3) is 1.83. The van der Waals surface area contributed by atoms with Crippen molar-refractivity contribution < 1.29 is 9.90 Å². The maximum atomic E-state index is 10.6. The van der Waals surface area contributed by atoms with Gasteiger partial charge in [-0.05, 0) is 19.9 Å². The molecule has 1 saturated heterocycles.